The Morgan fingerprint density at radius 1 is 1.38 bits per heavy atom. The van der Waals surface area contributed by atoms with Crippen LogP contribution in [0.5, 0.6) is 5.75 Å². The molecule has 0 aliphatic heterocycles. The Bertz CT molecular complexity index is 506. The van der Waals surface area contributed by atoms with Crippen molar-refractivity contribution in [2.24, 2.45) is 0 Å². The number of hydrogen-bond donors (Lipinski definition) is 1. The third-order valence-corrected chi connectivity index (χ3v) is 4.09. The zero-order valence-corrected chi connectivity index (χ0v) is 12.5. The number of likely N-dealkylation sites (N-methyl/N-ethyl adjacent to an activating group) is 1. The van der Waals surface area contributed by atoms with Gasteiger partial charge in [-0.3, -0.25) is 15.0 Å². The summed E-state index contributed by atoms with van der Waals surface area (Å²) in [5.41, 5.74) is 0.850. The lowest BCUT2D eigenvalue weighted by Gasteiger charge is -2.35. The fourth-order valence-corrected chi connectivity index (χ4v) is 2.97. The minimum Gasteiger partial charge on any atom is -0.496 e. The molecule has 6 nitrogen and oxygen atoms in total. The second kappa shape index (κ2) is 6.87. The molecule has 116 valence electrons. The van der Waals surface area contributed by atoms with Crippen molar-refractivity contribution < 1.29 is 14.8 Å². The van der Waals surface area contributed by atoms with E-state index in [1.54, 1.807) is 12.1 Å². The SMILES string of the molecule is COc1cc(CN(C)C2CCCCC2O)cc([N+](=O)[O-])c1. The average molecular weight is 294 g/mol. The molecule has 2 atom stereocenters. The largest absolute Gasteiger partial charge is 0.496 e. The molecule has 2 unspecified atom stereocenters. The molecule has 0 spiro atoms. The second-order valence-corrected chi connectivity index (χ2v) is 5.63. The highest BCUT2D eigenvalue weighted by molar-refractivity contribution is 5.42. The van der Waals surface area contributed by atoms with Gasteiger partial charge in [-0.25, -0.2) is 0 Å². The maximum Gasteiger partial charge on any atom is 0.273 e. The van der Waals surface area contributed by atoms with Crippen molar-refractivity contribution in [1.29, 1.82) is 0 Å². The number of nitro groups is 1. The maximum atomic E-state index is 11.0. The summed E-state index contributed by atoms with van der Waals surface area (Å²) in [6.07, 6.45) is 3.65. The predicted molar refractivity (Wildman–Crippen MR) is 79.4 cm³/mol. The summed E-state index contributed by atoms with van der Waals surface area (Å²) in [5.74, 6) is 0.483. The first-order chi connectivity index (χ1) is 10.0. The Balaban J connectivity index is 2.14. The molecule has 0 bridgehead atoms. The standard InChI is InChI=1S/C15H22N2O4/c1-16(14-5-3-4-6-15(14)18)10-11-7-12(17(19)20)9-13(8-11)21-2/h7-9,14-15,18H,3-6,10H2,1-2H3. The molecule has 0 aromatic heterocycles. The van der Waals surface area contributed by atoms with Crippen LogP contribution in [0, 0.1) is 10.1 Å². The van der Waals surface area contributed by atoms with Gasteiger partial charge in [0.15, 0.2) is 0 Å². The van der Waals surface area contributed by atoms with Crippen LogP contribution in [0.4, 0.5) is 5.69 Å². The van der Waals surface area contributed by atoms with Crippen LogP contribution < -0.4 is 4.74 Å². The van der Waals surface area contributed by atoms with Gasteiger partial charge < -0.3 is 9.84 Å². The lowest BCUT2D eigenvalue weighted by Crippen LogP contribution is -2.42. The molecule has 6 heteroatoms. The van der Waals surface area contributed by atoms with Gasteiger partial charge >= 0.3 is 0 Å². The molecular weight excluding hydrogens is 272 g/mol. The molecular formula is C15H22N2O4. The first kappa shape index (κ1) is 15.7. The van der Waals surface area contributed by atoms with Crippen LogP contribution >= 0.6 is 0 Å². The van der Waals surface area contributed by atoms with Crippen LogP contribution in [0.25, 0.3) is 0 Å². The molecule has 1 aliphatic rings. The van der Waals surface area contributed by atoms with Gasteiger partial charge in [-0.2, -0.15) is 0 Å². The molecule has 1 aliphatic carbocycles. The van der Waals surface area contributed by atoms with Gasteiger partial charge in [0.05, 0.1) is 24.2 Å². The van der Waals surface area contributed by atoms with E-state index >= 15 is 0 Å². The van der Waals surface area contributed by atoms with E-state index < -0.39 is 4.92 Å². The van der Waals surface area contributed by atoms with E-state index in [4.69, 9.17) is 4.74 Å². The van der Waals surface area contributed by atoms with Gasteiger partial charge in [-0.05, 0) is 31.5 Å². The highest BCUT2D eigenvalue weighted by Crippen LogP contribution is 2.26. The van der Waals surface area contributed by atoms with E-state index in [2.05, 4.69) is 4.90 Å². The number of aliphatic hydroxyl groups is 1. The molecule has 0 saturated heterocycles. The summed E-state index contributed by atoms with van der Waals surface area (Å²) in [4.78, 5) is 12.6. The summed E-state index contributed by atoms with van der Waals surface area (Å²) in [7, 11) is 3.45. The molecule has 1 saturated carbocycles. The number of nitrogens with zero attached hydrogens (tertiary/aromatic N) is 2. The van der Waals surface area contributed by atoms with Gasteiger partial charge in [0.1, 0.15) is 5.75 Å². The summed E-state index contributed by atoms with van der Waals surface area (Å²) in [6, 6.07) is 4.90. The van der Waals surface area contributed by atoms with E-state index in [1.165, 1.54) is 13.2 Å². The molecule has 0 amide bonds. The maximum absolute atomic E-state index is 11.0. The number of aliphatic hydroxyl groups excluding tert-OH is 1. The molecule has 1 aromatic carbocycles. The van der Waals surface area contributed by atoms with Crippen molar-refractivity contribution >= 4 is 5.69 Å². The van der Waals surface area contributed by atoms with E-state index in [0.29, 0.717) is 12.3 Å². The van der Waals surface area contributed by atoms with Crippen LogP contribution in [-0.2, 0) is 6.54 Å². The van der Waals surface area contributed by atoms with Crippen LogP contribution in [0.15, 0.2) is 18.2 Å². The quantitative estimate of drug-likeness (QED) is 0.666. The monoisotopic (exact) mass is 294 g/mol. The molecule has 21 heavy (non-hydrogen) atoms. The molecule has 1 fully saturated rings. The van der Waals surface area contributed by atoms with Crippen LogP contribution in [0.3, 0.4) is 0 Å². The second-order valence-electron chi connectivity index (χ2n) is 5.63. The fourth-order valence-electron chi connectivity index (χ4n) is 2.97. The number of ether oxygens (including phenoxy) is 1. The summed E-state index contributed by atoms with van der Waals surface area (Å²) in [6.45, 7) is 0.555. The molecule has 0 heterocycles. The topological polar surface area (TPSA) is 75.8 Å². The Labute approximate surface area is 124 Å². The van der Waals surface area contributed by atoms with E-state index in [-0.39, 0.29) is 17.8 Å². The number of non-ortho nitro benzene ring substituents is 1. The number of hydrogen-bond acceptors (Lipinski definition) is 5. The zero-order chi connectivity index (χ0) is 15.4. The first-order valence-electron chi connectivity index (χ1n) is 7.22. The Hall–Kier alpha value is -1.66. The Kier molecular flexibility index (Phi) is 5.14. The number of rotatable bonds is 5. The molecule has 0 radical (unpaired) electrons. The van der Waals surface area contributed by atoms with Gasteiger partial charge in [0.25, 0.3) is 5.69 Å². The van der Waals surface area contributed by atoms with Gasteiger partial charge in [-0.15, -0.1) is 0 Å². The van der Waals surface area contributed by atoms with E-state index in [0.717, 1.165) is 31.2 Å². The highest BCUT2D eigenvalue weighted by Gasteiger charge is 2.26. The summed E-state index contributed by atoms with van der Waals surface area (Å²) in [5, 5.41) is 21.0. The number of benzene rings is 1. The minimum atomic E-state index is -0.415. The van der Waals surface area contributed by atoms with Crippen molar-refractivity contribution in [2.75, 3.05) is 14.2 Å². The van der Waals surface area contributed by atoms with E-state index in [1.807, 2.05) is 7.05 Å². The van der Waals surface area contributed by atoms with Crippen LogP contribution in [0.1, 0.15) is 31.2 Å². The Morgan fingerprint density at radius 2 is 2.10 bits per heavy atom. The smallest absolute Gasteiger partial charge is 0.273 e. The zero-order valence-electron chi connectivity index (χ0n) is 12.5. The number of nitro benzene ring substituents is 1. The van der Waals surface area contributed by atoms with Crippen LogP contribution in [-0.4, -0.2) is 41.2 Å². The molecule has 1 aromatic rings. The first-order valence-corrected chi connectivity index (χ1v) is 7.22. The normalized spacial score (nSPS) is 22.3. The van der Waals surface area contributed by atoms with Gasteiger partial charge in [0, 0.05) is 18.7 Å². The van der Waals surface area contributed by atoms with Crippen LogP contribution in [0.2, 0.25) is 0 Å². The summed E-state index contributed by atoms with van der Waals surface area (Å²) >= 11 is 0. The minimum absolute atomic E-state index is 0.0296. The van der Waals surface area contributed by atoms with Crippen molar-refractivity contribution in [3.05, 3.63) is 33.9 Å². The average Bonchev–Trinajstić information content (AvgIpc) is 2.47. The van der Waals surface area contributed by atoms with E-state index in [9.17, 15) is 15.2 Å². The fraction of sp³-hybridized carbons (Fsp3) is 0.600. The lowest BCUT2D eigenvalue weighted by atomic mass is 9.91. The molecule has 2 rings (SSSR count). The Morgan fingerprint density at radius 3 is 2.71 bits per heavy atom. The third kappa shape index (κ3) is 3.92. The van der Waals surface area contributed by atoms with Crippen molar-refractivity contribution in [2.45, 2.75) is 44.4 Å². The number of methoxy groups -OCH3 is 1. The molecule has 1 N–H and O–H groups in total. The third-order valence-electron chi connectivity index (χ3n) is 4.09. The van der Waals surface area contributed by atoms with Crippen molar-refractivity contribution in [3.63, 3.8) is 0 Å². The van der Waals surface area contributed by atoms with Crippen molar-refractivity contribution in [3.8, 4) is 5.75 Å². The lowest BCUT2D eigenvalue weighted by molar-refractivity contribution is -0.385. The highest BCUT2D eigenvalue weighted by atomic mass is 16.6. The van der Waals surface area contributed by atoms with Crippen molar-refractivity contribution in [1.82, 2.24) is 4.90 Å². The van der Waals surface area contributed by atoms with Gasteiger partial charge in [0.2, 0.25) is 0 Å². The predicted octanol–water partition coefficient (Wildman–Crippen LogP) is 2.34. The summed E-state index contributed by atoms with van der Waals surface area (Å²) < 4.78 is 5.12. The van der Waals surface area contributed by atoms with Gasteiger partial charge in [-0.1, -0.05) is 12.8 Å².